The van der Waals surface area contributed by atoms with Crippen molar-refractivity contribution in [2.24, 2.45) is 0 Å². The number of benzene rings is 2. The largest absolute Gasteiger partial charge is 0.460 e. The van der Waals surface area contributed by atoms with Crippen molar-refractivity contribution in [3.05, 3.63) is 88.3 Å². The topological polar surface area (TPSA) is 41.6 Å². The Morgan fingerprint density at radius 1 is 1.00 bits per heavy atom. The Labute approximate surface area is 205 Å². The summed E-state index contributed by atoms with van der Waals surface area (Å²) in [5.74, 6) is 0.494. The number of rotatable bonds is 4. The van der Waals surface area contributed by atoms with Gasteiger partial charge >= 0.3 is 6.18 Å². The van der Waals surface area contributed by atoms with Gasteiger partial charge in [0.2, 0.25) is 0 Å². The summed E-state index contributed by atoms with van der Waals surface area (Å²) in [6, 6.07) is 16.3. The zero-order valence-corrected chi connectivity index (χ0v) is 19.7. The Morgan fingerprint density at radius 3 is 2.46 bits per heavy atom. The number of aryl methyl sites for hydroxylation is 1. The van der Waals surface area contributed by atoms with Gasteiger partial charge in [-0.15, -0.1) is 0 Å². The van der Waals surface area contributed by atoms with Crippen LogP contribution >= 0.6 is 11.6 Å². The summed E-state index contributed by atoms with van der Waals surface area (Å²) in [7, 11) is 0. The minimum absolute atomic E-state index is 0.121. The lowest BCUT2D eigenvalue weighted by atomic mass is 10.1. The zero-order valence-electron chi connectivity index (χ0n) is 19.0. The molecular formula is C26H23ClF3N3O2. The van der Waals surface area contributed by atoms with E-state index in [1.54, 1.807) is 34.6 Å². The Morgan fingerprint density at radius 2 is 1.74 bits per heavy atom. The molecule has 3 heterocycles. The van der Waals surface area contributed by atoms with Crippen LogP contribution in [-0.2, 0) is 12.7 Å². The van der Waals surface area contributed by atoms with E-state index in [0.717, 1.165) is 17.8 Å². The first-order valence-corrected chi connectivity index (χ1v) is 11.6. The molecule has 182 valence electrons. The van der Waals surface area contributed by atoms with Crippen molar-refractivity contribution < 1.29 is 22.4 Å². The number of hydrogen-bond acceptors (Lipinski definition) is 3. The Kier molecular flexibility index (Phi) is 6.01. The maximum Gasteiger partial charge on any atom is 0.416 e. The highest BCUT2D eigenvalue weighted by Crippen LogP contribution is 2.31. The van der Waals surface area contributed by atoms with Gasteiger partial charge in [-0.3, -0.25) is 4.79 Å². The molecule has 0 aliphatic carbocycles. The third kappa shape index (κ3) is 4.75. The number of carbonyl (C=O) groups excluding carboxylic acids is 1. The van der Waals surface area contributed by atoms with Crippen molar-refractivity contribution in [3.63, 3.8) is 0 Å². The smallest absolute Gasteiger partial charge is 0.416 e. The highest BCUT2D eigenvalue weighted by Gasteiger charge is 2.31. The van der Waals surface area contributed by atoms with E-state index < -0.39 is 11.7 Å². The van der Waals surface area contributed by atoms with E-state index in [4.69, 9.17) is 16.0 Å². The van der Waals surface area contributed by atoms with E-state index in [2.05, 4.69) is 4.90 Å². The Balaban J connectivity index is 1.40. The number of anilines is 1. The van der Waals surface area contributed by atoms with Crippen LogP contribution in [0.15, 0.2) is 65.1 Å². The van der Waals surface area contributed by atoms with E-state index in [1.807, 2.05) is 24.3 Å². The maximum atomic E-state index is 13.5. The molecule has 5 nitrogen and oxygen atoms in total. The Bertz CT molecular complexity index is 1380. The molecule has 0 saturated carbocycles. The van der Waals surface area contributed by atoms with Crippen LogP contribution in [0.5, 0.6) is 0 Å². The van der Waals surface area contributed by atoms with Crippen LogP contribution in [0.25, 0.3) is 11.1 Å². The fourth-order valence-electron chi connectivity index (χ4n) is 4.54. The highest BCUT2D eigenvalue weighted by atomic mass is 35.5. The van der Waals surface area contributed by atoms with Gasteiger partial charge in [0, 0.05) is 55.6 Å². The summed E-state index contributed by atoms with van der Waals surface area (Å²) < 4.78 is 47.2. The summed E-state index contributed by atoms with van der Waals surface area (Å²) in [5, 5.41) is 0.659. The predicted octanol–water partition coefficient (Wildman–Crippen LogP) is 6.23. The number of amides is 1. The number of furan rings is 1. The second kappa shape index (κ2) is 9.00. The van der Waals surface area contributed by atoms with Crippen LogP contribution in [0.1, 0.15) is 27.4 Å². The number of carbonyl (C=O) groups is 1. The van der Waals surface area contributed by atoms with E-state index in [1.165, 1.54) is 6.07 Å². The number of piperazine rings is 1. The molecule has 0 N–H and O–H groups in total. The van der Waals surface area contributed by atoms with E-state index in [-0.39, 0.29) is 12.5 Å². The first kappa shape index (κ1) is 23.4. The van der Waals surface area contributed by atoms with Gasteiger partial charge in [0.05, 0.1) is 11.1 Å². The second-order valence-corrected chi connectivity index (χ2v) is 9.12. The summed E-state index contributed by atoms with van der Waals surface area (Å²) in [4.78, 5) is 17.5. The van der Waals surface area contributed by atoms with Gasteiger partial charge in [0.15, 0.2) is 5.58 Å². The van der Waals surface area contributed by atoms with Gasteiger partial charge in [-0.25, -0.2) is 0 Å². The van der Waals surface area contributed by atoms with Crippen LogP contribution in [0, 0.1) is 6.92 Å². The lowest BCUT2D eigenvalue weighted by molar-refractivity contribution is -0.137. The maximum absolute atomic E-state index is 13.5. The third-order valence-electron chi connectivity index (χ3n) is 6.27. The van der Waals surface area contributed by atoms with E-state index >= 15 is 0 Å². The Hall–Kier alpha value is -3.39. The average molecular weight is 502 g/mol. The molecule has 0 spiro atoms. The molecular weight excluding hydrogens is 479 g/mol. The van der Waals surface area contributed by atoms with Gasteiger partial charge in [0.1, 0.15) is 11.5 Å². The van der Waals surface area contributed by atoms with Crippen molar-refractivity contribution in [3.8, 4) is 0 Å². The summed E-state index contributed by atoms with van der Waals surface area (Å²) in [6.45, 7) is 4.24. The van der Waals surface area contributed by atoms with Crippen LogP contribution in [-0.4, -0.2) is 41.6 Å². The number of hydrogen-bond donors (Lipinski definition) is 0. The van der Waals surface area contributed by atoms with E-state index in [9.17, 15) is 18.0 Å². The molecule has 2 aromatic carbocycles. The van der Waals surface area contributed by atoms with Gasteiger partial charge in [-0.1, -0.05) is 29.8 Å². The first-order valence-electron chi connectivity index (χ1n) is 11.2. The molecule has 0 radical (unpaired) electrons. The second-order valence-electron chi connectivity index (χ2n) is 8.68. The molecule has 0 bridgehead atoms. The van der Waals surface area contributed by atoms with Gasteiger partial charge in [-0.2, -0.15) is 13.2 Å². The molecule has 4 aromatic rings. The zero-order chi connectivity index (χ0) is 24.7. The molecule has 1 saturated heterocycles. The predicted molar refractivity (Wildman–Crippen MR) is 129 cm³/mol. The number of aromatic nitrogens is 1. The average Bonchev–Trinajstić information content (AvgIpc) is 3.35. The fraction of sp³-hybridized carbons (Fsp3) is 0.269. The van der Waals surface area contributed by atoms with Crippen molar-refractivity contribution in [2.75, 3.05) is 31.1 Å². The van der Waals surface area contributed by atoms with Crippen molar-refractivity contribution in [2.45, 2.75) is 19.6 Å². The van der Waals surface area contributed by atoms with Gasteiger partial charge in [-0.05, 0) is 42.8 Å². The monoisotopic (exact) mass is 501 g/mol. The molecule has 35 heavy (non-hydrogen) atoms. The van der Waals surface area contributed by atoms with Crippen LogP contribution in [0.4, 0.5) is 18.9 Å². The SMILES string of the molecule is Cc1cc2c(cc(C(=O)N3CCN(c4cccc(Cl)c4)CC3)n2Cc2cccc(C(F)(F)F)c2)o1. The summed E-state index contributed by atoms with van der Waals surface area (Å²) >= 11 is 6.12. The first-order chi connectivity index (χ1) is 16.7. The summed E-state index contributed by atoms with van der Waals surface area (Å²) in [6.07, 6.45) is -4.43. The molecule has 5 rings (SSSR count). The normalized spacial score (nSPS) is 14.7. The summed E-state index contributed by atoms with van der Waals surface area (Å²) in [5.41, 5.74) is 2.36. The lowest BCUT2D eigenvalue weighted by Gasteiger charge is -2.36. The highest BCUT2D eigenvalue weighted by molar-refractivity contribution is 6.30. The van der Waals surface area contributed by atoms with Crippen LogP contribution < -0.4 is 4.90 Å². The fourth-order valence-corrected chi connectivity index (χ4v) is 4.73. The van der Waals surface area contributed by atoms with Crippen molar-refractivity contribution in [1.82, 2.24) is 9.47 Å². The molecule has 1 amide bonds. The molecule has 1 fully saturated rings. The number of alkyl halides is 3. The molecule has 2 aromatic heterocycles. The minimum atomic E-state index is -4.43. The van der Waals surface area contributed by atoms with E-state index in [0.29, 0.717) is 59.3 Å². The van der Waals surface area contributed by atoms with Gasteiger partial charge in [0.25, 0.3) is 5.91 Å². The minimum Gasteiger partial charge on any atom is -0.460 e. The molecule has 1 aliphatic heterocycles. The third-order valence-corrected chi connectivity index (χ3v) is 6.50. The molecule has 0 unspecified atom stereocenters. The molecule has 0 atom stereocenters. The van der Waals surface area contributed by atoms with Crippen LogP contribution in [0.3, 0.4) is 0 Å². The van der Waals surface area contributed by atoms with Gasteiger partial charge < -0.3 is 18.8 Å². The standard InChI is InChI=1S/C26H23ClF3N3O2/c1-17-12-22-24(35-17)15-23(33(22)16-18-4-2-5-19(13-18)26(28,29)30)25(34)32-10-8-31(9-11-32)21-7-3-6-20(27)14-21/h2-7,12-15H,8-11,16H2,1H3. The quantitative estimate of drug-likeness (QED) is 0.333. The lowest BCUT2D eigenvalue weighted by Crippen LogP contribution is -2.49. The number of fused-ring (bicyclic) bond motifs is 1. The number of nitrogens with zero attached hydrogens (tertiary/aromatic N) is 3. The van der Waals surface area contributed by atoms with Crippen LogP contribution in [0.2, 0.25) is 5.02 Å². The molecule has 9 heteroatoms. The van der Waals surface area contributed by atoms with Crippen molar-refractivity contribution in [1.29, 1.82) is 0 Å². The van der Waals surface area contributed by atoms with Crippen molar-refractivity contribution >= 4 is 34.3 Å². The number of halogens is 4. The molecule has 1 aliphatic rings.